The zero-order chi connectivity index (χ0) is 10.3. The summed E-state index contributed by atoms with van der Waals surface area (Å²) in [6.07, 6.45) is -2.56. The molecule has 2 rings (SSSR count). The average molecular weight is 253 g/mol. The van der Waals surface area contributed by atoms with E-state index in [1.165, 1.54) is 0 Å². The molecular weight excluding hydrogens is 249 g/mol. The number of fused-ring (bicyclic) bond motifs is 1. The Labute approximate surface area is 93.1 Å². The second-order valence-corrected chi connectivity index (χ2v) is 4.74. The van der Waals surface area contributed by atoms with E-state index in [1.807, 2.05) is 0 Å². The van der Waals surface area contributed by atoms with Crippen LogP contribution >= 0.6 is 34.5 Å². The molecule has 1 aromatic carbocycles. The third kappa shape index (κ3) is 1.49. The summed E-state index contributed by atoms with van der Waals surface area (Å²) >= 11 is 12.7. The van der Waals surface area contributed by atoms with Crippen LogP contribution in [0.2, 0.25) is 9.36 Å². The first kappa shape index (κ1) is 10.1. The van der Waals surface area contributed by atoms with E-state index in [0.29, 0.717) is 15.1 Å². The normalized spacial score (nSPS) is 11.5. The highest BCUT2D eigenvalue weighted by molar-refractivity contribution is 7.23. The van der Waals surface area contributed by atoms with Gasteiger partial charge in [-0.2, -0.15) is 0 Å². The molecule has 0 fully saturated rings. The first-order valence-corrected chi connectivity index (χ1v) is 5.33. The van der Waals surface area contributed by atoms with Gasteiger partial charge in [-0.15, -0.1) is 11.3 Å². The summed E-state index contributed by atoms with van der Waals surface area (Å²) in [5.41, 5.74) is -0.117. The molecule has 0 aliphatic carbocycles. The lowest BCUT2D eigenvalue weighted by Gasteiger charge is -1.97. The topological polar surface area (TPSA) is 0 Å². The van der Waals surface area contributed by atoms with Crippen molar-refractivity contribution in [2.24, 2.45) is 0 Å². The monoisotopic (exact) mass is 252 g/mol. The van der Waals surface area contributed by atoms with Crippen LogP contribution in [-0.4, -0.2) is 0 Å². The first-order valence-electron chi connectivity index (χ1n) is 3.76. The minimum absolute atomic E-state index is 0.114. The van der Waals surface area contributed by atoms with Crippen molar-refractivity contribution in [1.29, 1.82) is 0 Å². The molecule has 1 aromatic heterocycles. The van der Waals surface area contributed by atoms with E-state index in [-0.39, 0.29) is 9.90 Å². The summed E-state index contributed by atoms with van der Waals surface area (Å²) < 4.78 is 25.9. The number of halogens is 4. The summed E-state index contributed by atoms with van der Waals surface area (Å²) in [5.74, 6) is 0. The molecule has 0 N–H and O–H groups in total. The van der Waals surface area contributed by atoms with Crippen LogP contribution in [0.15, 0.2) is 18.2 Å². The zero-order valence-electron chi connectivity index (χ0n) is 6.73. The molecule has 0 aliphatic rings. The standard InChI is InChI=1S/C9H4Cl2F2S/c10-5-3-1-2-4-6(9(12)13)8(11)14-7(4)5/h1-3,9H. The van der Waals surface area contributed by atoms with Crippen molar-refractivity contribution in [3.63, 3.8) is 0 Å². The average Bonchev–Trinajstić information content (AvgIpc) is 2.42. The molecule has 0 aliphatic heterocycles. The van der Waals surface area contributed by atoms with Crippen molar-refractivity contribution in [2.75, 3.05) is 0 Å². The van der Waals surface area contributed by atoms with Gasteiger partial charge in [-0.3, -0.25) is 0 Å². The molecule has 0 nitrogen and oxygen atoms in total. The van der Waals surface area contributed by atoms with Crippen molar-refractivity contribution in [3.05, 3.63) is 33.1 Å². The van der Waals surface area contributed by atoms with Gasteiger partial charge in [0.1, 0.15) is 4.34 Å². The maximum atomic E-state index is 12.6. The summed E-state index contributed by atoms with van der Waals surface area (Å²) in [5, 5.41) is 0.906. The van der Waals surface area contributed by atoms with Gasteiger partial charge in [-0.25, -0.2) is 8.78 Å². The third-order valence-corrected chi connectivity index (χ3v) is 3.78. The largest absolute Gasteiger partial charge is 0.266 e. The van der Waals surface area contributed by atoms with E-state index < -0.39 is 6.43 Å². The van der Waals surface area contributed by atoms with Crippen LogP contribution in [0.3, 0.4) is 0 Å². The highest BCUT2D eigenvalue weighted by Gasteiger charge is 2.19. The van der Waals surface area contributed by atoms with Crippen LogP contribution in [0.5, 0.6) is 0 Å². The fourth-order valence-corrected chi connectivity index (χ4v) is 2.93. The predicted molar refractivity (Wildman–Crippen MR) is 56.8 cm³/mol. The van der Waals surface area contributed by atoms with Gasteiger partial charge < -0.3 is 0 Å². The van der Waals surface area contributed by atoms with E-state index >= 15 is 0 Å². The van der Waals surface area contributed by atoms with Crippen molar-refractivity contribution in [3.8, 4) is 0 Å². The summed E-state index contributed by atoms with van der Waals surface area (Å²) in [6.45, 7) is 0. The van der Waals surface area contributed by atoms with E-state index in [4.69, 9.17) is 23.2 Å². The molecule has 0 amide bonds. The highest BCUT2D eigenvalue weighted by Crippen LogP contribution is 2.43. The Kier molecular flexibility index (Phi) is 2.64. The fraction of sp³-hybridized carbons (Fsp3) is 0.111. The molecule has 14 heavy (non-hydrogen) atoms. The second kappa shape index (κ2) is 3.65. The zero-order valence-corrected chi connectivity index (χ0v) is 9.06. The van der Waals surface area contributed by atoms with Crippen molar-refractivity contribution in [2.45, 2.75) is 6.43 Å². The number of benzene rings is 1. The van der Waals surface area contributed by atoms with Crippen LogP contribution in [-0.2, 0) is 0 Å². The van der Waals surface area contributed by atoms with E-state index in [0.717, 1.165) is 11.3 Å². The maximum absolute atomic E-state index is 12.6. The molecule has 0 atom stereocenters. The Morgan fingerprint density at radius 2 is 1.93 bits per heavy atom. The molecule has 0 saturated heterocycles. The molecule has 0 bridgehead atoms. The molecule has 74 valence electrons. The highest BCUT2D eigenvalue weighted by atomic mass is 35.5. The predicted octanol–water partition coefficient (Wildman–Crippen LogP) is 5.15. The summed E-state index contributed by atoms with van der Waals surface area (Å²) in [7, 11) is 0. The number of thiophene rings is 1. The molecule has 2 aromatic rings. The quantitative estimate of drug-likeness (QED) is 0.659. The minimum atomic E-state index is -2.56. The van der Waals surface area contributed by atoms with Gasteiger partial charge in [0.05, 0.1) is 15.3 Å². The molecular formula is C9H4Cl2F2S. The number of hydrogen-bond donors (Lipinski definition) is 0. The van der Waals surface area contributed by atoms with Crippen LogP contribution in [0.4, 0.5) is 8.78 Å². The first-order chi connectivity index (χ1) is 6.61. The van der Waals surface area contributed by atoms with E-state index in [1.54, 1.807) is 18.2 Å². The lowest BCUT2D eigenvalue weighted by molar-refractivity contribution is 0.153. The Morgan fingerprint density at radius 1 is 1.21 bits per heavy atom. The Morgan fingerprint density at radius 3 is 2.57 bits per heavy atom. The Balaban J connectivity index is 2.83. The summed E-state index contributed by atoms with van der Waals surface area (Å²) in [4.78, 5) is 0. The van der Waals surface area contributed by atoms with Crippen LogP contribution < -0.4 is 0 Å². The molecule has 1 heterocycles. The molecule has 5 heteroatoms. The third-order valence-electron chi connectivity index (χ3n) is 1.88. The second-order valence-electron chi connectivity index (χ2n) is 2.71. The van der Waals surface area contributed by atoms with Gasteiger partial charge in [0, 0.05) is 5.39 Å². The van der Waals surface area contributed by atoms with Crippen molar-refractivity contribution < 1.29 is 8.78 Å². The van der Waals surface area contributed by atoms with Gasteiger partial charge in [0.15, 0.2) is 0 Å². The lowest BCUT2D eigenvalue weighted by atomic mass is 10.2. The summed E-state index contributed by atoms with van der Waals surface area (Å²) in [6, 6.07) is 4.90. The lowest BCUT2D eigenvalue weighted by Crippen LogP contribution is -1.81. The van der Waals surface area contributed by atoms with Crippen LogP contribution in [0, 0.1) is 0 Å². The maximum Gasteiger partial charge on any atom is 0.266 e. The molecule has 0 unspecified atom stereocenters. The van der Waals surface area contributed by atoms with Gasteiger partial charge >= 0.3 is 0 Å². The number of rotatable bonds is 1. The van der Waals surface area contributed by atoms with Gasteiger partial charge in [-0.1, -0.05) is 35.3 Å². The van der Waals surface area contributed by atoms with Crippen molar-refractivity contribution in [1.82, 2.24) is 0 Å². The fourth-order valence-electron chi connectivity index (χ4n) is 1.28. The Hall–Kier alpha value is -0.380. The van der Waals surface area contributed by atoms with E-state index in [9.17, 15) is 8.78 Å². The molecule has 0 spiro atoms. The number of alkyl halides is 2. The van der Waals surface area contributed by atoms with Crippen LogP contribution in [0.1, 0.15) is 12.0 Å². The minimum Gasteiger partial charge on any atom is -0.205 e. The number of hydrogen-bond acceptors (Lipinski definition) is 1. The molecule has 0 radical (unpaired) electrons. The SMILES string of the molecule is FC(F)c1c(Cl)sc2c(Cl)cccc12. The van der Waals surface area contributed by atoms with Crippen molar-refractivity contribution >= 4 is 44.6 Å². The van der Waals surface area contributed by atoms with E-state index in [2.05, 4.69) is 0 Å². The smallest absolute Gasteiger partial charge is 0.205 e. The van der Waals surface area contributed by atoms with Gasteiger partial charge in [0.25, 0.3) is 6.43 Å². The van der Waals surface area contributed by atoms with Gasteiger partial charge in [-0.05, 0) is 6.07 Å². The van der Waals surface area contributed by atoms with Crippen LogP contribution in [0.25, 0.3) is 10.1 Å². The Bertz CT molecular complexity index is 479. The molecule has 0 saturated carbocycles. The van der Waals surface area contributed by atoms with Gasteiger partial charge in [0.2, 0.25) is 0 Å².